The molecule has 0 aromatic heterocycles. The Kier molecular flexibility index (Phi) is 3.94. The molecule has 1 aromatic rings. The Morgan fingerprint density at radius 1 is 1.33 bits per heavy atom. The van der Waals surface area contributed by atoms with Gasteiger partial charge in [0.2, 0.25) is 5.91 Å². The molecule has 0 saturated carbocycles. The van der Waals surface area contributed by atoms with Crippen LogP contribution in [0.5, 0.6) is 0 Å². The van der Waals surface area contributed by atoms with E-state index in [9.17, 15) is 14.7 Å². The quantitative estimate of drug-likeness (QED) is 0.732. The molecule has 2 atom stereocenters. The van der Waals surface area contributed by atoms with Gasteiger partial charge >= 0.3 is 5.97 Å². The highest BCUT2D eigenvalue weighted by Gasteiger charge is 2.27. The first-order valence-electron chi connectivity index (χ1n) is 6.00. The monoisotopic (exact) mass is 248 g/mol. The minimum absolute atomic E-state index is 0.247. The second-order valence-corrected chi connectivity index (χ2v) is 4.34. The molecule has 5 nitrogen and oxygen atoms in total. The molecule has 0 radical (unpaired) electrons. The van der Waals surface area contributed by atoms with Gasteiger partial charge in [0.15, 0.2) is 6.04 Å². The van der Waals surface area contributed by atoms with Crippen LogP contribution in [0.3, 0.4) is 0 Å². The molecule has 1 heterocycles. The van der Waals surface area contributed by atoms with Crippen molar-refractivity contribution in [2.75, 3.05) is 6.54 Å². The third-order valence-electron chi connectivity index (χ3n) is 3.04. The molecule has 1 aromatic carbocycles. The molecule has 1 aliphatic heterocycles. The largest absolute Gasteiger partial charge is 0.479 e. The van der Waals surface area contributed by atoms with Gasteiger partial charge in [0.1, 0.15) is 0 Å². The molecular formula is C13H16N2O3. The normalized spacial score (nSPS) is 20.3. The van der Waals surface area contributed by atoms with Gasteiger partial charge in [-0.2, -0.15) is 0 Å². The lowest BCUT2D eigenvalue weighted by atomic mass is 10.1. The summed E-state index contributed by atoms with van der Waals surface area (Å²) in [7, 11) is 0. The highest BCUT2D eigenvalue weighted by Crippen LogP contribution is 2.14. The third-order valence-corrected chi connectivity index (χ3v) is 3.04. The van der Waals surface area contributed by atoms with Crippen LogP contribution in [0.4, 0.5) is 0 Å². The number of aliphatic carboxylic acids is 1. The second kappa shape index (κ2) is 5.64. The van der Waals surface area contributed by atoms with Gasteiger partial charge in [-0.15, -0.1) is 0 Å². The van der Waals surface area contributed by atoms with E-state index in [4.69, 9.17) is 0 Å². The Morgan fingerprint density at radius 3 is 2.61 bits per heavy atom. The van der Waals surface area contributed by atoms with E-state index >= 15 is 0 Å². The number of carboxylic acids is 1. The van der Waals surface area contributed by atoms with Crippen LogP contribution in [0.1, 0.15) is 24.4 Å². The molecule has 0 spiro atoms. The van der Waals surface area contributed by atoms with E-state index in [2.05, 4.69) is 10.6 Å². The summed E-state index contributed by atoms with van der Waals surface area (Å²) in [6, 6.07) is 7.46. The summed E-state index contributed by atoms with van der Waals surface area (Å²) in [5, 5.41) is 14.8. The smallest absolute Gasteiger partial charge is 0.330 e. The van der Waals surface area contributed by atoms with Crippen molar-refractivity contribution in [3.05, 3.63) is 35.9 Å². The lowest BCUT2D eigenvalue weighted by Crippen LogP contribution is -2.44. The van der Waals surface area contributed by atoms with E-state index in [1.165, 1.54) is 0 Å². The molecular weight excluding hydrogens is 232 g/mol. The van der Waals surface area contributed by atoms with Crippen molar-refractivity contribution in [2.24, 2.45) is 0 Å². The Bertz CT molecular complexity index is 427. The van der Waals surface area contributed by atoms with E-state index in [1.54, 1.807) is 24.3 Å². The minimum Gasteiger partial charge on any atom is -0.479 e. The standard InChI is InChI=1S/C13H16N2O3/c16-12(10-7-4-8-14-10)15-11(13(17)18)9-5-2-1-3-6-9/h1-3,5-6,10-11,14H,4,7-8H2,(H,15,16)(H,17,18)/t10?,11-/m1/s1. The lowest BCUT2D eigenvalue weighted by Gasteiger charge is -2.17. The first kappa shape index (κ1) is 12.6. The maximum Gasteiger partial charge on any atom is 0.330 e. The van der Waals surface area contributed by atoms with Crippen LogP contribution in [-0.4, -0.2) is 29.6 Å². The zero-order valence-electron chi connectivity index (χ0n) is 9.93. The molecule has 18 heavy (non-hydrogen) atoms. The summed E-state index contributed by atoms with van der Waals surface area (Å²) in [6.07, 6.45) is 1.70. The molecule has 1 unspecified atom stereocenters. The Hall–Kier alpha value is -1.88. The summed E-state index contributed by atoms with van der Waals surface area (Å²) in [5.74, 6) is -1.30. The predicted molar refractivity (Wildman–Crippen MR) is 66.0 cm³/mol. The van der Waals surface area contributed by atoms with Crippen molar-refractivity contribution in [3.8, 4) is 0 Å². The van der Waals surface area contributed by atoms with Gasteiger partial charge < -0.3 is 15.7 Å². The number of benzene rings is 1. The Morgan fingerprint density at radius 2 is 2.06 bits per heavy atom. The number of rotatable bonds is 4. The van der Waals surface area contributed by atoms with Crippen molar-refractivity contribution in [1.29, 1.82) is 0 Å². The summed E-state index contributed by atoms with van der Waals surface area (Å²) >= 11 is 0. The van der Waals surface area contributed by atoms with Crippen molar-refractivity contribution >= 4 is 11.9 Å². The van der Waals surface area contributed by atoms with Gasteiger partial charge in [-0.3, -0.25) is 4.79 Å². The Balaban J connectivity index is 2.07. The van der Waals surface area contributed by atoms with E-state index in [0.29, 0.717) is 5.56 Å². The average Bonchev–Trinajstić information content (AvgIpc) is 2.90. The van der Waals surface area contributed by atoms with Crippen molar-refractivity contribution in [1.82, 2.24) is 10.6 Å². The number of carbonyl (C=O) groups is 2. The van der Waals surface area contributed by atoms with Crippen LogP contribution in [0, 0.1) is 0 Å². The third kappa shape index (κ3) is 2.87. The first-order chi connectivity index (χ1) is 8.68. The zero-order valence-corrected chi connectivity index (χ0v) is 9.93. The predicted octanol–water partition coefficient (Wildman–Crippen LogP) is 0.680. The van der Waals surface area contributed by atoms with Crippen LogP contribution < -0.4 is 10.6 Å². The van der Waals surface area contributed by atoms with Crippen LogP contribution >= 0.6 is 0 Å². The van der Waals surface area contributed by atoms with E-state index < -0.39 is 12.0 Å². The fraction of sp³-hybridized carbons (Fsp3) is 0.385. The summed E-state index contributed by atoms with van der Waals surface area (Å²) in [6.45, 7) is 0.807. The summed E-state index contributed by atoms with van der Waals surface area (Å²) in [5.41, 5.74) is 0.580. The molecule has 3 N–H and O–H groups in total. The number of carboxylic acid groups (broad SMARTS) is 1. The molecule has 5 heteroatoms. The number of amides is 1. The maximum absolute atomic E-state index is 11.9. The lowest BCUT2D eigenvalue weighted by molar-refractivity contribution is -0.142. The molecule has 96 valence electrons. The van der Waals surface area contributed by atoms with Gasteiger partial charge in [-0.25, -0.2) is 4.79 Å². The fourth-order valence-electron chi connectivity index (χ4n) is 2.08. The van der Waals surface area contributed by atoms with Crippen LogP contribution in [-0.2, 0) is 9.59 Å². The van der Waals surface area contributed by atoms with E-state index in [1.807, 2.05) is 6.07 Å². The van der Waals surface area contributed by atoms with Crippen LogP contribution in [0.15, 0.2) is 30.3 Å². The maximum atomic E-state index is 11.9. The van der Waals surface area contributed by atoms with Gasteiger partial charge in [-0.1, -0.05) is 30.3 Å². The van der Waals surface area contributed by atoms with Crippen LogP contribution in [0.25, 0.3) is 0 Å². The van der Waals surface area contributed by atoms with E-state index in [0.717, 1.165) is 19.4 Å². The van der Waals surface area contributed by atoms with Gasteiger partial charge in [-0.05, 0) is 24.9 Å². The molecule has 1 amide bonds. The van der Waals surface area contributed by atoms with Gasteiger partial charge in [0.05, 0.1) is 6.04 Å². The first-order valence-corrected chi connectivity index (χ1v) is 6.00. The van der Waals surface area contributed by atoms with Crippen molar-refractivity contribution in [3.63, 3.8) is 0 Å². The van der Waals surface area contributed by atoms with E-state index in [-0.39, 0.29) is 11.9 Å². The SMILES string of the molecule is O=C(N[C@@H](C(=O)O)c1ccccc1)C1CCCN1. The molecule has 1 saturated heterocycles. The Labute approximate surface area is 105 Å². The number of hydrogen-bond acceptors (Lipinski definition) is 3. The molecule has 0 bridgehead atoms. The van der Waals surface area contributed by atoms with Crippen LogP contribution in [0.2, 0.25) is 0 Å². The highest BCUT2D eigenvalue weighted by atomic mass is 16.4. The number of hydrogen-bond donors (Lipinski definition) is 3. The molecule has 1 fully saturated rings. The topological polar surface area (TPSA) is 78.4 Å². The minimum atomic E-state index is -1.05. The zero-order chi connectivity index (χ0) is 13.0. The number of carbonyl (C=O) groups excluding carboxylic acids is 1. The summed E-state index contributed by atoms with van der Waals surface area (Å²) < 4.78 is 0. The molecule has 2 rings (SSSR count). The fourth-order valence-corrected chi connectivity index (χ4v) is 2.08. The second-order valence-electron chi connectivity index (χ2n) is 4.34. The van der Waals surface area contributed by atoms with Gasteiger partial charge in [0, 0.05) is 0 Å². The van der Waals surface area contributed by atoms with Gasteiger partial charge in [0.25, 0.3) is 0 Å². The summed E-state index contributed by atoms with van der Waals surface area (Å²) in [4.78, 5) is 23.1. The molecule has 0 aliphatic carbocycles. The molecule has 1 aliphatic rings. The van der Waals surface area contributed by atoms with Crippen molar-refractivity contribution in [2.45, 2.75) is 24.9 Å². The van der Waals surface area contributed by atoms with Crippen molar-refractivity contribution < 1.29 is 14.7 Å². The highest BCUT2D eigenvalue weighted by molar-refractivity contribution is 5.87. The number of nitrogens with one attached hydrogen (secondary N) is 2. The average molecular weight is 248 g/mol.